The lowest BCUT2D eigenvalue weighted by Gasteiger charge is -2.21. The Labute approximate surface area is 104 Å². The van der Waals surface area contributed by atoms with E-state index >= 15 is 0 Å². The number of aliphatic carboxylic acids is 1. The molecule has 0 radical (unpaired) electrons. The van der Waals surface area contributed by atoms with Gasteiger partial charge in [-0.25, -0.2) is 9.59 Å². The number of amides is 3. The molecule has 0 aliphatic heterocycles. The minimum atomic E-state index is -1.37. The maximum atomic E-state index is 11.6. The molecule has 0 aromatic rings. The van der Waals surface area contributed by atoms with E-state index in [1.165, 1.54) is 11.9 Å². The molecule has 0 aliphatic carbocycles. The molecule has 1 unspecified atom stereocenters. The molecule has 0 saturated carbocycles. The topological polar surface area (TPSA) is 137 Å². The Kier molecular flexibility index (Phi) is 6.20. The largest absolute Gasteiger partial charge is 0.480 e. The van der Waals surface area contributed by atoms with Gasteiger partial charge >= 0.3 is 12.0 Å². The first-order valence-corrected chi connectivity index (χ1v) is 5.20. The molecule has 0 bridgehead atoms. The predicted molar refractivity (Wildman–Crippen MR) is 61.2 cm³/mol. The van der Waals surface area contributed by atoms with Gasteiger partial charge in [0, 0.05) is 13.6 Å². The average molecular weight is 256 g/mol. The van der Waals surface area contributed by atoms with E-state index in [0.717, 1.165) is 0 Å². The Hall–Kier alpha value is -2.30. The van der Waals surface area contributed by atoms with Crippen molar-refractivity contribution in [2.45, 2.75) is 19.4 Å². The van der Waals surface area contributed by atoms with Crippen LogP contribution < -0.4 is 11.1 Å². The van der Waals surface area contributed by atoms with Crippen molar-refractivity contribution in [1.82, 2.24) is 10.2 Å². The van der Waals surface area contributed by atoms with Crippen LogP contribution in [0.15, 0.2) is 0 Å². The van der Waals surface area contributed by atoms with Gasteiger partial charge in [-0.3, -0.25) is 4.79 Å². The SMILES string of the molecule is CC(C#N)CN(C)C(=O)N[C@H](CC(N)=O)C(=O)O. The van der Waals surface area contributed by atoms with Gasteiger partial charge in [0.2, 0.25) is 5.91 Å². The Morgan fingerprint density at radius 1 is 1.50 bits per heavy atom. The summed E-state index contributed by atoms with van der Waals surface area (Å²) in [6, 6.07) is -0.0942. The standard InChI is InChI=1S/C10H16N4O4/c1-6(4-11)5-14(2)10(18)13-7(9(16)17)3-8(12)15/h6-7H,3,5H2,1-2H3,(H2,12,15)(H,13,18)(H,16,17)/t6?,7-/m1/s1. The van der Waals surface area contributed by atoms with E-state index in [1.54, 1.807) is 6.92 Å². The molecule has 18 heavy (non-hydrogen) atoms. The zero-order valence-corrected chi connectivity index (χ0v) is 10.2. The van der Waals surface area contributed by atoms with E-state index in [1.807, 2.05) is 6.07 Å². The molecule has 0 aromatic heterocycles. The van der Waals surface area contributed by atoms with Crippen molar-refractivity contribution >= 4 is 17.9 Å². The Morgan fingerprint density at radius 3 is 2.44 bits per heavy atom. The van der Waals surface area contributed by atoms with Crippen LogP contribution in [0.3, 0.4) is 0 Å². The van der Waals surface area contributed by atoms with Crippen LogP contribution in [0.1, 0.15) is 13.3 Å². The van der Waals surface area contributed by atoms with Crippen molar-refractivity contribution in [3.8, 4) is 6.07 Å². The highest BCUT2D eigenvalue weighted by Crippen LogP contribution is 1.98. The summed E-state index contributed by atoms with van der Waals surface area (Å²) in [6.45, 7) is 1.78. The van der Waals surface area contributed by atoms with Gasteiger partial charge in [-0.2, -0.15) is 5.26 Å². The minimum Gasteiger partial charge on any atom is -0.480 e. The van der Waals surface area contributed by atoms with E-state index in [-0.39, 0.29) is 12.5 Å². The molecule has 2 atom stereocenters. The van der Waals surface area contributed by atoms with Gasteiger partial charge in [0.15, 0.2) is 0 Å². The number of nitrogens with two attached hydrogens (primary N) is 1. The summed E-state index contributed by atoms with van der Waals surface area (Å²) in [6.07, 6.45) is -0.483. The molecule has 0 aliphatic rings. The number of rotatable bonds is 6. The molecule has 0 aromatic carbocycles. The summed E-state index contributed by atoms with van der Waals surface area (Å²) in [5, 5.41) is 19.5. The molecule has 0 fully saturated rings. The molecular formula is C10H16N4O4. The Balaban J connectivity index is 4.46. The number of primary amides is 1. The van der Waals surface area contributed by atoms with E-state index in [4.69, 9.17) is 16.1 Å². The molecule has 0 saturated heterocycles. The van der Waals surface area contributed by atoms with Crippen LogP contribution in [-0.4, -0.2) is 47.5 Å². The maximum absolute atomic E-state index is 11.6. The second-order valence-electron chi connectivity index (χ2n) is 3.92. The molecular weight excluding hydrogens is 240 g/mol. The molecule has 8 heteroatoms. The molecule has 4 N–H and O–H groups in total. The smallest absolute Gasteiger partial charge is 0.326 e. The normalized spacial score (nSPS) is 12.9. The maximum Gasteiger partial charge on any atom is 0.326 e. The predicted octanol–water partition coefficient (Wildman–Crippen LogP) is -0.884. The monoisotopic (exact) mass is 256 g/mol. The zero-order chi connectivity index (χ0) is 14.3. The summed E-state index contributed by atoms with van der Waals surface area (Å²) in [4.78, 5) is 34.2. The van der Waals surface area contributed by atoms with E-state index < -0.39 is 30.4 Å². The summed E-state index contributed by atoms with van der Waals surface area (Å²) < 4.78 is 0. The first kappa shape index (κ1) is 15.7. The Morgan fingerprint density at radius 2 is 2.06 bits per heavy atom. The van der Waals surface area contributed by atoms with Crippen molar-refractivity contribution < 1.29 is 19.5 Å². The molecule has 0 heterocycles. The van der Waals surface area contributed by atoms with Gasteiger partial charge in [-0.1, -0.05) is 0 Å². The molecule has 3 amide bonds. The number of carboxylic acid groups (broad SMARTS) is 1. The van der Waals surface area contributed by atoms with Gasteiger partial charge in [-0.15, -0.1) is 0 Å². The molecule has 0 rings (SSSR count). The summed E-state index contributed by atoms with van der Waals surface area (Å²) in [7, 11) is 1.42. The van der Waals surface area contributed by atoms with Crippen LogP contribution in [0.25, 0.3) is 0 Å². The zero-order valence-electron chi connectivity index (χ0n) is 10.2. The first-order chi connectivity index (χ1) is 8.27. The van der Waals surface area contributed by atoms with Crippen molar-refractivity contribution in [1.29, 1.82) is 5.26 Å². The lowest BCUT2D eigenvalue weighted by atomic mass is 10.2. The van der Waals surface area contributed by atoms with Crippen molar-refractivity contribution in [2.75, 3.05) is 13.6 Å². The van der Waals surface area contributed by atoms with Gasteiger partial charge in [-0.05, 0) is 6.92 Å². The number of nitrogens with zero attached hydrogens (tertiary/aromatic N) is 2. The highest BCUT2D eigenvalue weighted by Gasteiger charge is 2.24. The number of hydrogen-bond donors (Lipinski definition) is 3. The van der Waals surface area contributed by atoms with Crippen LogP contribution in [0.5, 0.6) is 0 Å². The number of hydrogen-bond acceptors (Lipinski definition) is 4. The van der Waals surface area contributed by atoms with Gasteiger partial charge < -0.3 is 21.1 Å². The van der Waals surface area contributed by atoms with Crippen LogP contribution in [0, 0.1) is 17.2 Å². The van der Waals surface area contributed by atoms with E-state index in [0.29, 0.717) is 0 Å². The molecule has 8 nitrogen and oxygen atoms in total. The second kappa shape index (κ2) is 7.11. The quantitative estimate of drug-likeness (QED) is 0.566. The van der Waals surface area contributed by atoms with Crippen LogP contribution in [0.4, 0.5) is 4.79 Å². The van der Waals surface area contributed by atoms with Crippen molar-refractivity contribution in [3.05, 3.63) is 0 Å². The minimum absolute atomic E-state index is 0.158. The van der Waals surface area contributed by atoms with Crippen LogP contribution in [-0.2, 0) is 9.59 Å². The summed E-state index contributed by atoms with van der Waals surface area (Å²) in [5.41, 5.74) is 4.88. The number of urea groups is 1. The van der Waals surface area contributed by atoms with E-state index in [9.17, 15) is 14.4 Å². The third-order valence-corrected chi connectivity index (χ3v) is 2.12. The third-order valence-electron chi connectivity index (χ3n) is 2.12. The van der Waals surface area contributed by atoms with Crippen LogP contribution >= 0.6 is 0 Å². The lowest BCUT2D eigenvalue weighted by molar-refractivity contribution is -0.140. The highest BCUT2D eigenvalue weighted by molar-refractivity contribution is 5.87. The van der Waals surface area contributed by atoms with Crippen molar-refractivity contribution in [2.24, 2.45) is 11.7 Å². The number of carbonyl (C=O) groups is 3. The van der Waals surface area contributed by atoms with Gasteiger partial charge in [0.1, 0.15) is 6.04 Å². The number of nitriles is 1. The third kappa shape index (κ3) is 5.69. The fourth-order valence-corrected chi connectivity index (χ4v) is 1.20. The van der Waals surface area contributed by atoms with Crippen LogP contribution in [0.2, 0.25) is 0 Å². The van der Waals surface area contributed by atoms with E-state index in [2.05, 4.69) is 5.32 Å². The first-order valence-electron chi connectivity index (χ1n) is 5.20. The molecule has 100 valence electrons. The Bertz CT molecular complexity index is 377. The number of carbonyl (C=O) groups excluding carboxylic acids is 2. The summed E-state index contributed by atoms with van der Waals surface area (Å²) >= 11 is 0. The molecule has 0 spiro atoms. The van der Waals surface area contributed by atoms with Gasteiger partial charge in [0.05, 0.1) is 18.4 Å². The number of nitrogens with one attached hydrogen (secondary N) is 1. The highest BCUT2D eigenvalue weighted by atomic mass is 16.4. The van der Waals surface area contributed by atoms with Gasteiger partial charge in [0.25, 0.3) is 0 Å². The lowest BCUT2D eigenvalue weighted by Crippen LogP contribution is -2.48. The number of carboxylic acids is 1. The fraction of sp³-hybridized carbons (Fsp3) is 0.600. The second-order valence-corrected chi connectivity index (χ2v) is 3.92. The summed E-state index contributed by atoms with van der Waals surface area (Å²) in [5.74, 6) is -2.54. The fourth-order valence-electron chi connectivity index (χ4n) is 1.20. The van der Waals surface area contributed by atoms with Crippen molar-refractivity contribution in [3.63, 3.8) is 0 Å². The average Bonchev–Trinajstić information content (AvgIpc) is 2.26.